The molecule has 3 rings (SSSR count). The highest BCUT2D eigenvalue weighted by molar-refractivity contribution is 5.94. The van der Waals surface area contributed by atoms with Gasteiger partial charge >= 0.3 is 0 Å². The number of rotatable bonds is 5. The normalized spacial score (nSPS) is 15.2. The lowest BCUT2D eigenvalue weighted by molar-refractivity contribution is 0.0954. The number of carbonyl (C=O) groups excluding carboxylic acids is 1. The molecular formula is C20H24FN3O. The number of amides is 1. The van der Waals surface area contributed by atoms with E-state index < -0.39 is 0 Å². The summed E-state index contributed by atoms with van der Waals surface area (Å²) in [6, 6.07) is 14.1. The molecule has 1 aliphatic rings. The lowest BCUT2D eigenvalue weighted by Crippen LogP contribution is -2.44. The molecule has 1 heterocycles. The maximum atomic E-state index is 12.9. The minimum Gasteiger partial charge on any atom is -0.369 e. The van der Waals surface area contributed by atoms with E-state index in [9.17, 15) is 9.18 Å². The van der Waals surface area contributed by atoms with Gasteiger partial charge in [0, 0.05) is 44.0 Å². The molecule has 0 atom stereocenters. The molecule has 25 heavy (non-hydrogen) atoms. The Kier molecular flexibility index (Phi) is 5.66. The molecule has 5 heteroatoms. The van der Waals surface area contributed by atoms with Gasteiger partial charge in [-0.3, -0.25) is 4.79 Å². The predicted octanol–water partition coefficient (Wildman–Crippen LogP) is 2.55. The number of likely N-dealkylation sites (N-methyl/N-ethyl adjacent to an activating group) is 1. The predicted molar refractivity (Wildman–Crippen MR) is 98.6 cm³/mol. The van der Waals surface area contributed by atoms with Gasteiger partial charge in [0.05, 0.1) is 0 Å². The van der Waals surface area contributed by atoms with Crippen molar-refractivity contribution in [1.29, 1.82) is 0 Å². The summed E-state index contributed by atoms with van der Waals surface area (Å²) < 4.78 is 12.9. The van der Waals surface area contributed by atoms with Crippen LogP contribution in [0.1, 0.15) is 15.9 Å². The summed E-state index contributed by atoms with van der Waals surface area (Å²) >= 11 is 0. The number of carbonyl (C=O) groups is 1. The van der Waals surface area contributed by atoms with E-state index >= 15 is 0 Å². The zero-order chi connectivity index (χ0) is 17.6. The van der Waals surface area contributed by atoms with Gasteiger partial charge in [-0.05, 0) is 55.4 Å². The molecule has 0 aromatic heterocycles. The molecular weight excluding hydrogens is 317 g/mol. The lowest BCUT2D eigenvalue weighted by Gasteiger charge is -2.34. The van der Waals surface area contributed by atoms with Gasteiger partial charge in [0.1, 0.15) is 5.82 Å². The monoisotopic (exact) mass is 341 g/mol. The van der Waals surface area contributed by atoms with Crippen molar-refractivity contribution in [1.82, 2.24) is 10.2 Å². The summed E-state index contributed by atoms with van der Waals surface area (Å²) in [6.07, 6.45) is 0.774. The van der Waals surface area contributed by atoms with Crippen LogP contribution >= 0.6 is 0 Å². The maximum absolute atomic E-state index is 12.9. The highest BCUT2D eigenvalue weighted by Gasteiger charge is 2.13. The summed E-state index contributed by atoms with van der Waals surface area (Å²) in [5.41, 5.74) is 2.93. The first-order valence-corrected chi connectivity index (χ1v) is 8.68. The molecule has 4 nitrogen and oxygen atoms in total. The number of benzene rings is 2. The minimum absolute atomic E-state index is 0.172. The van der Waals surface area contributed by atoms with E-state index in [-0.39, 0.29) is 11.7 Å². The fraction of sp³-hybridized carbons (Fsp3) is 0.350. The van der Waals surface area contributed by atoms with Crippen LogP contribution in [0.4, 0.5) is 10.1 Å². The highest BCUT2D eigenvalue weighted by Crippen LogP contribution is 2.17. The summed E-state index contributed by atoms with van der Waals surface area (Å²) in [4.78, 5) is 16.7. The van der Waals surface area contributed by atoms with Gasteiger partial charge in [0.25, 0.3) is 5.91 Å². The number of nitrogens with one attached hydrogen (secondary N) is 1. The van der Waals surface area contributed by atoms with Crippen LogP contribution in [0, 0.1) is 5.82 Å². The molecule has 1 saturated heterocycles. The summed E-state index contributed by atoms with van der Waals surface area (Å²) in [5, 5.41) is 2.87. The third kappa shape index (κ3) is 4.79. The van der Waals surface area contributed by atoms with Gasteiger partial charge in [0.15, 0.2) is 0 Å². The lowest BCUT2D eigenvalue weighted by atomic mass is 10.1. The van der Waals surface area contributed by atoms with Crippen LogP contribution in [-0.4, -0.2) is 50.6 Å². The zero-order valence-corrected chi connectivity index (χ0v) is 14.5. The van der Waals surface area contributed by atoms with Gasteiger partial charge in [-0.1, -0.05) is 12.1 Å². The van der Waals surface area contributed by atoms with Crippen molar-refractivity contribution in [3.05, 3.63) is 65.5 Å². The molecule has 0 unspecified atom stereocenters. The second-order valence-corrected chi connectivity index (χ2v) is 6.47. The Morgan fingerprint density at radius 3 is 2.28 bits per heavy atom. The quantitative estimate of drug-likeness (QED) is 0.908. The van der Waals surface area contributed by atoms with Crippen molar-refractivity contribution in [2.45, 2.75) is 6.42 Å². The van der Waals surface area contributed by atoms with Crippen LogP contribution in [-0.2, 0) is 6.42 Å². The Morgan fingerprint density at radius 2 is 1.64 bits per heavy atom. The second kappa shape index (κ2) is 8.12. The smallest absolute Gasteiger partial charge is 0.251 e. The molecule has 2 aromatic rings. The third-order valence-corrected chi connectivity index (χ3v) is 4.61. The number of halogens is 1. The summed E-state index contributed by atoms with van der Waals surface area (Å²) in [6.45, 7) is 4.87. The number of hydrogen-bond donors (Lipinski definition) is 1. The Bertz CT molecular complexity index is 692. The second-order valence-electron chi connectivity index (χ2n) is 6.47. The van der Waals surface area contributed by atoms with Crippen LogP contribution in [0.25, 0.3) is 0 Å². The van der Waals surface area contributed by atoms with E-state index in [1.165, 1.54) is 35.5 Å². The van der Waals surface area contributed by atoms with Crippen LogP contribution in [0.3, 0.4) is 0 Å². The first-order valence-electron chi connectivity index (χ1n) is 8.68. The van der Waals surface area contributed by atoms with E-state index in [2.05, 4.69) is 46.4 Å². The molecule has 0 aliphatic carbocycles. The Balaban J connectivity index is 1.47. The van der Waals surface area contributed by atoms with Crippen LogP contribution in [0.5, 0.6) is 0 Å². The van der Waals surface area contributed by atoms with Crippen LogP contribution in [0.15, 0.2) is 48.5 Å². The number of piperazine rings is 1. The van der Waals surface area contributed by atoms with Crippen molar-refractivity contribution < 1.29 is 9.18 Å². The van der Waals surface area contributed by atoms with E-state index in [0.29, 0.717) is 12.1 Å². The van der Waals surface area contributed by atoms with Gasteiger partial charge in [-0.2, -0.15) is 0 Å². The number of hydrogen-bond acceptors (Lipinski definition) is 3. The summed E-state index contributed by atoms with van der Waals surface area (Å²) in [7, 11) is 2.15. The standard InChI is InChI=1S/C20H24FN3O/c1-23-12-14-24(15-13-23)19-8-2-16(3-9-19)10-11-22-20(25)17-4-6-18(21)7-5-17/h2-9H,10-15H2,1H3,(H,22,25). The van der Waals surface area contributed by atoms with Gasteiger partial charge in [-0.15, -0.1) is 0 Å². The molecule has 0 saturated carbocycles. The number of anilines is 1. The summed E-state index contributed by atoms with van der Waals surface area (Å²) in [5.74, 6) is -0.508. The van der Waals surface area contributed by atoms with Crippen molar-refractivity contribution in [3.8, 4) is 0 Å². The zero-order valence-electron chi connectivity index (χ0n) is 14.5. The minimum atomic E-state index is -0.336. The Morgan fingerprint density at radius 1 is 1.00 bits per heavy atom. The van der Waals surface area contributed by atoms with Crippen LogP contribution in [0.2, 0.25) is 0 Å². The van der Waals surface area contributed by atoms with E-state index in [0.717, 1.165) is 32.6 Å². The molecule has 0 radical (unpaired) electrons. The topological polar surface area (TPSA) is 35.6 Å². The molecule has 0 spiro atoms. The SMILES string of the molecule is CN1CCN(c2ccc(CCNC(=O)c3ccc(F)cc3)cc2)CC1. The van der Waals surface area contributed by atoms with E-state index in [1.54, 1.807) is 0 Å². The van der Waals surface area contributed by atoms with Gasteiger partial charge < -0.3 is 15.1 Å². The molecule has 132 valence electrons. The third-order valence-electron chi connectivity index (χ3n) is 4.61. The first kappa shape index (κ1) is 17.4. The largest absolute Gasteiger partial charge is 0.369 e. The molecule has 0 bridgehead atoms. The fourth-order valence-electron chi connectivity index (χ4n) is 2.96. The molecule has 1 amide bonds. The molecule has 1 N–H and O–H groups in total. The molecule has 2 aromatic carbocycles. The average Bonchev–Trinajstić information content (AvgIpc) is 2.63. The van der Waals surface area contributed by atoms with Crippen molar-refractivity contribution >= 4 is 11.6 Å². The molecule has 1 aliphatic heterocycles. The van der Waals surface area contributed by atoms with Crippen molar-refractivity contribution in [3.63, 3.8) is 0 Å². The van der Waals surface area contributed by atoms with E-state index in [1.807, 2.05) is 0 Å². The Labute approximate surface area is 148 Å². The highest BCUT2D eigenvalue weighted by atomic mass is 19.1. The average molecular weight is 341 g/mol. The first-order chi connectivity index (χ1) is 12.1. The number of nitrogens with zero attached hydrogens (tertiary/aromatic N) is 2. The molecule has 1 fully saturated rings. The fourth-order valence-corrected chi connectivity index (χ4v) is 2.96. The van der Waals surface area contributed by atoms with E-state index in [4.69, 9.17) is 0 Å². The van der Waals surface area contributed by atoms with Crippen molar-refractivity contribution in [2.75, 3.05) is 44.7 Å². The maximum Gasteiger partial charge on any atom is 0.251 e. The van der Waals surface area contributed by atoms with Gasteiger partial charge in [0.2, 0.25) is 0 Å². The Hall–Kier alpha value is -2.40. The van der Waals surface area contributed by atoms with Crippen LogP contribution < -0.4 is 10.2 Å². The van der Waals surface area contributed by atoms with Crippen molar-refractivity contribution in [2.24, 2.45) is 0 Å². The van der Waals surface area contributed by atoms with Gasteiger partial charge in [-0.25, -0.2) is 4.39 Å².